The molecule has 27 heavy (non-hydrogen) atoms. The van der Waals surface area contributed by atoms with E-state index in [-0.39, 0.29) is 0 Å². The van der Waals surface area contributed by atoms with Gasteiger partial charge in [0.15, 0.2) is 12.1 Å². The highest BCUT2D eigenvalue weighted by molar-refractivity contribution is 6.04. The van der Waals surface area contributed by atoms with Gasteiger partial charge in [-0.1, -0.05) is 30.3 Å². The van der Waals surface area contributed by atoms with Crippen LogP contribution in [0.2, 0.25) is 0 Å². The number of anilines is 1. The molecule has 2 aromatic heterocycles. The molecule has 136 valence electrons. The predicted molar refractivity (Wildman–Crippen MR) is 107 cm³/mol. The number of H-pyrrole nitrogens is 1. The Morgan fingerprint density at radius 1 is 1.07 bits per heavy atom. The van der Waals surface area contributed by atoms with Crippen LogP contribution in [-0.2, 0) is 4.74 Å². The van der Waals surface area contributed by atoms with E-state index in [9.17, 15) is 4.79 Å². The van der Waals surface area contributed by atoms with Gasteiger partial charge in [-0.15, -0.1) is 0 Å². The van der Waals surface area contributed by atoms with Crippen molar-refractivity contribution in [1.29, 1.82) is 0 Å². The van der Waals surface area contributed by atoms with Crippen molar-refractivity contribution < 1.29 is 9.53 Å². The molecule has 0 bridgehead atoms. The summed E-state index contributed by atoms with van der Waals surface area (Å²) in [5.74, 6) is 1.25. The van der Waals surface area contributed by atoms with E-state index in [1.54, 1.807) is 7.11 Å². The highest BCUT2D eigenvalue weighted by Gasteiger charge is 2.16. The smallest absolute Gasteiger partial charge is 0.179 e. The van der Waals surface area contributed by atoms with E-state index in [2.05, 4.69) is 15.3 Å². The second-order valence-electron chi connectivity index (χ2n) is 6.26. The summed E-state index contributed by atoms with van der Waals surface area (Å²) < 4.78 is 5.11. The number of carbonyl (C=O) groups is 1. The Bertz CT molecular complexity index is 1100. The summed E-state index contributed by atoms with van der Waals surface area (Å²) in [6.07, 6.45) is 1.73. The maximum Gasteiger partial charge on any atom is 0.179 e. The molecule has 0 aliphatic heterocycles. The van der Waals surface area contributed by atoms with Crippen molar-refractivity contribution >= 4 is 33.9 Å². The number of ether oxygens (including phenoxy) is 1. The maximum atomic E-state index is 11.8. The Balaban J connectivity index is 1.83. The minimum absolute atomic E-state index is 0.501. The summed E-state index contributed by atoms with van der Waals surface area (Å²) >= 11 is 0. The highest BCUT2D eigenvalue weighted by Crippen LogP contribution is 2.30. The van der Waals surface area contributed by atoms with Crippen LogP contribution in [0.5, 0.6) is 0 Å². The van der Waals surface area contributed by atoms with Crippen molar-refractivity contribution in [2.45, 2.75) is 6.42 Å². The molecular formula is C21H20N4O2. The summed E-state index contributed by atoms with van der Waals surface area (Å²) in [6, 6.07) is 15.6. The fourth-order valence-corrected chi connectivity index (χ4v) is 3.21. The molecule has 4 aromatic rings. The van der Waals surface area contributed by atoms with E-state index in [0.717, 1.165) is 46.9 Å². The monoisotopic (exact) mass is 360 g/mol. The Morgan fingerprint density at radius 3 is 2.67 bits per heavy atom. The van der Waals surface area contributed by atoms with Gasteiger partial charge in [0, 0.05) is 36.6 Å². The average molecular weight is 360 g/mol. The van der Waals surface area contributed by atoms with Gasteiger partial charge in [0.05, 0.1) is 16.8 Å². The third-order valence-electron chi connectivity index (χ3n) is 4.51. The van der Waals surface area contributed by atoms with E-state index in [1.165, 1.54) is 0 Å². The average Bonchev–Trinajstić information content (AvgIpc) is 3.09. The van der Waals surface area contributed by atoms with Gasteiger partial charge in [-0.3, -0.25) is 4.79 Å². The van der Waals surface area contributed by atoms with E-state index < -0.39 is 0 Å². The first-order valence-corrected chi connectivity index (χ1v) is 8.87. The molecule has 2 N–H and O–H groups in total. The molecule has 0 fully saturated rings. The SMILES string of the molecule is COCCCNc1nc(-c2[nH]c3ccccc3c2C=O)nc2ccccc12. The van der Waals surface area contributed by atoms with Crippen molar-refractivity contribution in [2.75, 3.05) is 25.6 Å². The van der Waals surface area contributed by atoms with Crippen LogP contribution in [0.25, 0.3) is 33.3 Å². The number of aromatic nitrogens is 3. The van der Waals surface area contributed by atoms with Crippen LogP contribution in [0, 0.1) is 0 Å². The zero-order valence-electron chi connectivity index (χ0n) is 15.0. The fourth-order valence-electron chi connectivity index (χ4n) is 3.21. The molecule has 6 nitrogen and oxygen atoms in total. The Hall–Kier alpha value is -3.25. The van der Waals surface area contributed by atoms with Gasteiger partial charge in [0.25, 0.3) is 0 Å². The first-order chi connectivity index (χ1) is 13.3. The lowest BCUT2D eigenvalue weighted by atomic mass is 10.1. The molecule has 0 aliphatic carbocycles. The number of hydrogen-bond donors (Lipinski definition) is 2. The Kier molecular flexibility index (Phi) is 4.80. The van der Waals surface area contributed by atoms with E-state index in [4.69, 9.17) is 9.72 Å². The molecule has 0 atom stereocenters. The van der Waals surface area contributed by atoms with Gasteiger partial charge >= 0.3 is 0 Å². The van der Waals surface area contributed by atoms with Crippen LogP contribution < -0.4 is 5.32 Å². The van der Waals surface area contributed by atoms with Crippen molar-refractivity contribution in [1.82, 2.24) is 15.0 Å². The second-order valence-corrected chi connectivity index (χ2v) is 6.26. The molecule has 0 spiro atoms. The molecule has 2 heterocycles. The number of benzene rings is 2. The van der Waals surface area contributed by atoms with E-state index >= 15 is 0 Å². The second kappa shape index (κ2) is 7.55. The summed E-state index contributed by atoms with van der Waals surface area (Å²) in [7, 11) is 1.69. The van der Waals surface area contributed by atoms with E-state index in [1.807, 2.05) is 48.5 Å². The van der Waals surface area contributed by atoms with Gasteiger partial charge in [-0.25, -0.2) is 9.97 Å². The molecule has 0 saturated carbocycles. The lowest BCUT2D eigenvalue weighted by molar-refractivity contribution is 0.112. The third-order valence-corrected chi connectivity index (χ3v) is 4.51. The number of para-hydroxylation sites is 2. The van der Waals surface area contributed by atoms with Crippen molar-refractivity contribution in [3.8, 4) is 11.5 Å². The minimum Gasteiger partial charge on any atom is -0.385 e. The third kappa shape index (κ3) is 3.27. The van der Waals surface area contributed by atoms with Gasteiger partial charge in [0.1, 0.15) is 5.82 Å². The van der Waals surface area contributed by atoms with Gasteiger partial charge in [-0.05, 0) is 24.6 Å². The number of nitrogens with one attached hydrogen (secondary N) is 2. The number of hydrogen-bond acceptors (Lipinski definition) is 5. The van der Waals surface area contributed by atoms with Crippen LogP contribution in [0.1, 0.15) is 16.8 Å². The number of nitrogens with zero attached hydrogens (tertiary/aromatic N) is 2. The summed E-state index contributed by atoms with van der Waals surface area (Å²) in [5, 5.41) is 5.19. The van der Waals surface area contributed by atoms with Crippen molar-refractivity contribution in [3.05, 3.63) is 54.1 Å². The number of aromatic amines is 1. The Labute approximate surface area is 156 Å². The van der Waals surface area contributed by atoms with Crippen LogP contribution >= 0.6 is 0 Å². The number of aldehydes is 1. The number of methoxy groups -OCH3 is 1. The number of carbonyl (C=O) groups excluding carboxylic acids is 1. The predicted octanol–water partition coefficient (Wildman–Crippen LogP) is 4.04. The lowest BCUT2D eigenvalue weighted by Crippen LogP contribution is -2.08. The Morgan fingerprint density at radius 2 is 1.85 bits per heavy atom. The molecule has 0 amide bonds. The quantitative estimate of drug-likeness (QED) is 0.384. The van der Waals surface area contributed by atoms with Crippen LogP contribution in [0.3, 0.4) is 0 Å². The normalized spacial score (nSPS) is 11.1. The standard InChI is InChI=1S/C21H20N4O2/c1-27-12-6-11-22-20-15-8-3-5-10-18(15)24-21(25-20)19-16(13-26)14-7-2-4-9-17(14)23-19/h2-5,7-10,13,23H,6,11-12H2,1H3,(H,22,24,25). The molecule has 0 saturated heterocycles. The van der Waals surface area contributed by atoms with Crippen LogP contribution in [0.15, 0.2) is 48.5 Å². The van der Waals surface area contributed by atoms with Gasteiger partial charge < -0.3 is 15.0 Å². The highest BCUT2D eigenvalue weighted by atomic mass is 16.5. The zero-order valence-corrected chi connectivity index (χ0v) is 15.0. The molecule has 4 rings (SSSR count). The van der Waals surface area contributed by atoms with Crippen molar-refractivity contribution in [2.24, 2.45) is 0 Å². The molecule has 0 unspecified atom stereocenters. The molecule has 0 aliphatic rings. The molecule has 6 heteroatoms. The summed E-state index contributed by atoms with van der Waals surface area (Å²) in [6.45, 7) is 1.42. The first-order valence-electron chi connectivity index (χ1n) is 8.87. The summed E-state index contributed by atoms with van der Waals surface area (Å²) in [5.41, 5.74) is 2.93. The maximum absolute atomic E-state index is 11.8. The number of fused-ring (bicyclic) bond motifs is 2. The van der Waals surface area contributed by atoms with Gasteiger partial charge in [-0.2, -0.15) is 0 Å². The molecule has 2 aromatic carbocycles. The fraction of sp³-hybridized carbons (Fsp3) is 0.190. The summed E-state index contributed by atoms with van der Waals surface area (Å²) in [4.78, 5) is 24.5. The topological polar surface area (TPSA) is 79.9 Å². The van der Waals surface area contributed by atoms with Gasteiger partial charge in [0.2, 0.25) is 0 Å². The largest absolute Gasteiger partial charge is 0.385 e. The van der Waals surface area contributed by atoms with Crippen molar-refractivity contribution in [3.63, 3.8) is 0 Å². The minimum atomic E-state index is 0.501. The molecule has 0 radical (unpaired) electrons. The molecular weight excluding hydrogens is 340 g/mol. The van der Waals surface area contributed by atoms with Crippen LogP contribution in [-0.4, -0.2) is 41.5 Å². The number of rotatable bonds is 7. The lowest BCUT2D eigenvalue weighted by Gasteiger charge is -2.10. The first kappa shape index (κ1) is 17.2. The van der Waals surface area contributed by atoms with Crippen LogP contribution in [0.4, 0.5) is 5.82 Å². The van der Waals surface area contributed by atoms with E-state index in [0.29, 0.717) is 23.7 Å². The zero-order chi connectivity index (χ0) is 18.6.